The summed E-state index contributed by atoms with van der Waals surface area (Å²) in [5.74, 6) is -0.992. The van der Waals surface area contributed by atoms with E-state index in [4.69, 9.17) is 5.21 Å². The first-order valence-corrected chi connectivity index (χ1v) is 6.21. The molecule has 4 nitrogen and oxygen atoms in total. The van der Waals surface area contributed by atoms with E-state index in [-0.39, 0.29) is 17.4 Å². The molecule has 2 heterocycles. The molecule has 0 unspecified atom stereocenters. The molecule has 0 spiro atoms. The van der Waals surface area contributed by atoms with Crippen molar-refractivity contribution in [2.75, 3.05) is 13.1 Å². The zero-order valence-corrected chi connectivity index (χ0v) is 9.95. The Kier molecular flexibility index (Phi) is 2.80. The molecule has 0 aromatic heterocycles. The summed E-state index contributed by atoms with van der Waals surface area (Å²) in [6.07, 6.45) is 2.84. The van der Waals surface area contributed by atoms with Gasteiger partial charge in [0.1, 0.15) is 5.82 Å². The van der Waals surface area contributed by atoms with Crippen molar-refractivity contribution in [3.8, 4) is 0 Å². The Bertz CT molecular complexity index is 504. The highest BCUT2D eigenvalue weighted by atomic mass is 19.1. The number of hydrogen-bond donors (Lipinski definition) is 2. The zero-order valence-electron chi connectivity index (χ0n) is 9.95. The van der Waals surface area contributed by atoms with Gasteiger partial charge in [-0.05, 0) is 43.5 Å². The normalized spacial score (nSPS) is 22.4. The third kappa shape index (κ3) is 1.71. The first-order valence-electron chi connectivity index (χ1n) is 6.21. The lowest BCUT2D eigenvalue weighted by atomic mass is 9.90. The van der Waals surface area contributed by atoms with Gasteiger partial charge in [0.05, 0.1) is 0 Å². The molecule has 2 N–H and O–H groups in total. The lowest BCUT2D eigenvalue weighted by Crippen LogP contribution is -2.32. The topological polar surface area (TPSA) is 52.6 Å². The van der Waals surface area contributed by atoms with Gasteiger partial charge in [-0.15, -0.1) is 0 Å². The molecule has 0 radical (unpaired) electrons. The van der Waals surface area contributed by atoms with Crippen LogP contribution in [0.25, 0.3) is 0 Å². The Labute approximate surface area is 104 Å². The van der Waals surface area contributed by atoms with Gasteiger partial charge in [0.2, 0.25) is 0 Å². The van der Waals surface area contributed by atoms with Crippen LogP contribution in [0.2, 0.25) is 0 Å². The molecule has 0 saturated carbocycles. The van der Waals surface area contributed by atoms with Gasteiger partial charge in [-0.25, -0.2) is 9.87 Å². The molecule has 2 aliphatic rings. The Morgan fingerprint density at radius 2 is 2.28 bits per heavy atom. The van der Waals surface area contributed by atoms with Crippen molar-refractivity contribution < 1.29 is 14.4 Å². The van der Waals surface area contributed by atoms with Gasteiger partial charge >= 0.3 is 0 Å². The molecule has 3 rings (SSSR count). The van der Waals surface area contributed by atoms with Gasteiger partial charge < -0.3 is 0 Å². The predicted octanol–water partition coefficient (Wildman–Crippen LogP) is 1.64. The first-order chi connectivity index (χ1) is 8.70. The van der Waals surface area contributed by atoms with E-state index < -0.39 is 5.91 Å². The van der Waals surface area contributed by atoms with Crippen molar-refractivity contribution in [2.24, 2.45) is 0 Å². The Morgan fingerprint density at radius 1 is 1.44 bits per heavy atom. The lowest BCUT2D eigenvalue weighted by Gasteiger charge is -2.32. The van der Waals surface area contributed by atoms with Crippen molar-refractivity contribution in [2.45, 2.75) is 25.3 Å². The molecular formula is C13H15FN2O2. The highest BCUT2D eigenvalue weighted by Gasteiger charge is 2.33. The van der Waals surface area contributed by atoms with Crippen LogP contribution in [0.1, 0.15) is 40.4 Å². The SMILES string of the molecule is O=C(NO)c1cc(F)c2c(c1)CCN1CCC[C@@H]21. The molecule has 1 amide bonds. The van der Waals surface area contributed by atoms with Crippen LogP contribution in [0.3, 0.4) is 0 Å². The number of benzene rings is 1. The number of carbonyl (C=O) groups is 1. The molecule has 1 saturated heterocycles. The second-order valence-electron chi connectivity index (χ2n) is 4.92. The van der Waals surface area contributed by atoms with E-state index >= 15 is 0 Å². The van der Waals surface area contributed by atoms with E-state index in [2.05, 4.69) is 4.90 Å². The summed E-state index contributed by atoms with van der Waals surface area (Å²) in [6, 6.07) is 3.08. The Balaban J connectivity index is 2.05. The minimum Gasteiger partial charge on any atom is -0.296 e. The highest BCUT2D eigenvalue weighted by Crippen LogP contribution is 2.39. The van der Waals surface area contributed by atoms with Crippen LogP contribution >= 0.6 is 0 Å². The van der Waals surface area contributed by atoms with Crippen LogP contribution in [0.15, 0.2) is 12.1 Å². The average Bonchev–Trinajstić information content (AvgIpc) is 2.85. The van der Waals surface area contributed by atoms with E-state index in [1.54, 1.807) is 11.5 Å². The molecular weight excluding hydrogens is 235 g/mol. The van der Waals surface area contributed by atoms with Crippen molar-refractivity contribution in [3.63, 3.8) is 0 Å². The summed E-state index contributed by atoms with van der Waals surface area (Å²) in [6.45, 7) is 1.95. The second kappa shape index (κ2) is 4.33. The molecule has 1 atom stereocenters. The highest BCUT2D eigenvalue weighted by molar-refractivity contribution is 5.93. The van der Waals surface area contributed by atoms with Gasteiger partial charge in [-0.1, -0.05) is 0 Å². The maximum absolute atomic E-state index is 14.2. The zero-order chi connectivity index (χ0) is 12.7. The van der Waals surface area contributed by atoms with Gasteiger partial charge in [-0.3, -0.25) is 14.9 Å². The van der Waals surface area contributed by atoms with Gasteiger partial charge in [0.25, 0.3) is 5.91 Å². The minimum atomic E-state index is -0.662. The predicted molar refractivity (Wildman–Crippen MR) is 62.9 cm³/mol. The van der Waals surface area contributed by atoms with E-state index in [9.17, 15) is 9.18 Å². The Morgan fingerprint density at radius 3 is 3.06 bits per heavy atom. The minimum absolute atomic E-state index is 0.167. The van der Waals surface area contributed by atoms with E-state index in [1.165, 1.54) is 6.07 Å². The van der Waals surface area contributed by atoms with Crippen LogP contribution in [-0.2, 0) is 6.42 Å². The molecule has 96 valence electrons. The van der Waals surface area contributed by atoms with Crippen molar-refractivity contribution in [1.29, 1.82) is 0 Å². The standard InChI is InChI=1S/C13H15FN2O2/c14-10-7-9(13(17)15-18)6-8-3-5-16-4-1-2-11(16)12(8)10/h6-7,11,18H,1-5H2,(H,15,17)/t11-/m0/s1. The molecule has 18 heavy (non-hydrogen) atoms. The van der Waals surface area contributed by atoms with Crippen molar-refractivity contribution in [3.05, 3.63) is 34.6 Å². The number of nitrogens with one attached hydrogen (secondary N) is 1. The first kappa shape index (κ1) is 11.6. The lowest BCUT2D eigenvalue weighted by molar-refractivity contribution is 0.0705. The number of rotatable bonds is 1. The molecule has 2 aliphatic heterocycles. The molecule has 1 fully saturated rings. The van der Waals surface area contributed by atoms with E-state index in [0.717, 1.165) is 43.5 Å². The summed E-state index contributed by atoms with van der Waals surface area (Å²) in [5.41, 5.74) is 3.37. The van der Waals surface area contributed by atoms with Crippen LogP contribution in [0, 0.1) is 5.82 Å². The van der Waals surface area contributed by atoms with Crippen molar-refractivity contribution in [1.82, 2.24) is 10.4 Å². The fraction of sp³-hybridized carbons (Fsp3) is 0.462. The number of nitrogens with zero attached hydrogens (tertiary/aromatic N) is 1. The number of fused-ring (bicyclic) bond motifs is 3. The van der Waals surface area contributed by atoms with E-state index in [0.29, 0.717) is 0 Å². The van der Waals surface area contributed by atoms with Gasteiger partial charge in [0, 0.05) is 23.7 Å². The summed E-state index contributed by atoms with van der Waals surface area (Å²) < 4.78 is 14.2. The number of carbonyl (C=O) groups excluding carboxylic acids is 1. The smallest absolute Gasteiger partial charge is 0.274 e. The summed E-state index contributed by atoms with van der Waals surface area (Å²) in [5, 5.41) is 8.60. The molecule has 5 heteroatoms. The molecule has 1 aromatic carbocycles. The number of hydroxylamine groups is 1. The number of amides is 1. The maximum atomic E-state index is 14.2. The fourth-order valence-corrected chi connectivity index (χ4v) is 3.14. The van der Waals surface area contributed by atoms with E-state index in [1.807, 2.05) is 0 Å². The van der Waals surface area contributed by atoms with Crippen LogP contribution < -0.4 is 5.48 Å². The largest absolute Gasteiger partial charge is 0.296 e. The average molecular weight is 250 g/mol. The van der Waals surface area contributed by atoms with Gasteiger partial charge in [-0.2, -0.15) is 0 Å². The molecule has 1 aromatic rings. The molecule has 0 bridgehead atoms. The summed E-state index contributed by atoms with van der Waals surface area (Å²) in [4.78, 5) is 13.6. The second-order valence-corrected chi connectivity index (χ2v) is 4.92. The van der Waals surface area contributed by atoms with Gasteiger partial charge in [0.15, 0.2) is 0 Å². The summed E-state index contributed by atoms with van der Waals surface area (Å²) in [7, 11) is 0. The number of hydrogen-bond acceptors (Lipinski definition) is 3. The molecule has 0 aliphatic carbocycles. The number of halogens is 1. The van der Waals surface area contributed by atoms with Crippen LogP contribution in [0.5, 0.6) is 0 Å². The quantitative estimate of drug-likeness (QED) is 0.588. The summed E-state index contributed by atoms with van der Waals surface area (Å²) >= 11 is 0. The Hall–Kier alpha value is -1.46. The third-order valence-corrected chi connectivity index (χ3v) is 3.94. The fourth-order valence-electron chi connectivity index (χ4n) is 3.14. The van der Waals surface area contributed by atoms with Crippen molar-refractivity contribution >= 4 is 5.91 Å². The monoisotopic (exact) mass is 250 g/mol. The van der Waals surface area contributed by atoms with Crippen LogP contribution in [0.4, 0.5) is 4.39 Å². The van der Waals surface area contributed by atoms with Crippen LogP contribution in [-0.4, -0.2) is 29.1 Å². The third-order valence-electron chi connectivity index (χ3n) is 3.94. The maximum Gasteiger partial charge on any atom is 0.274 e.